The zero-order chi connectivity index (χ0) is 11.3. The van der Waals surface area contributed by atoms with Crippen LogP contribution in [0, 0.1) is 5.92 Å². The molecular formula is C10H19NO2S2. The Morgan fingerprint density at radius 2 is 2.13 bits per heavy atom. The maximum absolute atomic E-state index is 9.20. The summed E-state index contributed by atoms with van der Waals surface area (Å²) in [6.45, 7) is 4.14. The minimum Gasteiger partial charge on any atom is -0.394 e. The molecule has 2 N–H and O–H groups in total. The van der Waals surface area contributed by atoms with Gasteiger partial charge in [-0.25, -0.2) is 0 Å². The highest BCUT2D eigenvalue weighted by Crippen LogP contribution is 2.20. The zero-order valence-electron chi connectivity index (χ0n) is 9.06. The molecule has 1 atom stereocenters. The third-order valence-electron chi connectivity index (χ3n) is 2.65. The van der Waals surface area contributed by atoms with Gasteiger partial charge in [0, 0.05) is 18.8 Å². The number of aliphatic hydroxyl groups excluding tert-OH is 2. The second-order valence-electron chi connectivity index (χ2n) is 4.08. The summed E-state index contributed by atoms with van der Waals surface area (Å²) in [6, 6.07) is 0. The first-order valence-corrected chi connectivity index (χ1v) is 6.73. The lowest BCUT2D eigenvalue weighted by atomic mass is 10.00. The Kier molecular flexibility index (Phi) is 5.89. The van der Waals surface area contributed by atoms with E-state index in [1.807, 2.05) is 0 Å². The second-order valence-corrected chi connectivity index (χ2v) is 5.74. The van der Waals surface area contributed by atoms with Crippen molar-refractivity contribution < 1.29 is 10.2 Å². The predicted molar refractivity (Wildman–Crippen MR) is 68.1 cm³/mol. The second kappa shape index (κ2) is 6.68. The molecule has 1 heterocycles. The Bertz CT molecular complexity index is 206. The molecule has 0 aromatic rings. The molecule has 0 aliphatic carbocycles. The van der Waals surface area contributed by atoms with Gasteiger partial charge in [0.2, 0.25) is 0 Å². The van der Waals surface area contributed by atoms with Gasteiger partial charge in [0.1, 0.15) is 4.32 Å². The zero-order valence-corrected chi connectivity index (χ0v) is 10.7. The average Bonchev–Trinajstić information content (AvgIpc) is 2.26. The van der Waals surface area contributed by atoms with Crippen molar-refractivity contribution in [3.05, 3.63) is 0 Å². The van der Waals surface area contributed by atoms with Crippen molar-refractivity contribution in [1.82, 2.24) is 4.90 Å². The number of piperidine rings is 1. The summed E-state index contributed by atoms with van der Waals surface area (Å²) in [5.74, 6) is 1.29. The SMILES string of the molecule is CC1CCN(C(=S)SCC(O)CO)CC1. The lowest BCUT2D eigenvalue weighted by Crippen LogP contribution is -2.36. The van der Waals surface area contributed by atoms with E-state index < -0.39 is 6.10 Å². The standard InChI is InChI=1S/C10H19NO2S2/c1-8-2-4-11(5-3-8)10(14)15-7-9(13)6-12/h8-9,12-13H,2-7H2,1H3. The van der Waals surface area contributed by atoms with E-state index in [1.54, 1.807) is 0 Å². The Labute approximate surface area is 101 Å². The molecule has 5 heteroatoms. The van der Waals surface area contributed by atoms with Gasteiger partial charge in [0.05, 0.1) is 12.7 Å². The fraction of sp³-hybridized carbons (Fsp3) is 0.900. The molecule has 0 aromatic heterocycles. The Morgan fingerprint density at radius 3 is 2.67 bits per heavy atom. The highest BCUT2D eigenvalue weighted by molar-refractivity contribution is 8.22. The summed E-state index contributed by atoms with van der Waals surface area (Å²) in [4.78, 5) is 2.20. The summed E-state index contributed by atoms with van der Waals surface area (Å²) >= 11 is 6.74. The van der Waals surface area contributed by atoms with Crippen LogP contribution >= 0.6 is 24.0 Å². The number of nitrogens with zero attached hydrogens (tertiary/aromatic N) is 1. The first kappa shape index (κ1) is 13.2. The molecule has 1 saturated heterocycles. The van der Waals surface area contributed by atoms with Crippen molar-refractivity contribution in [2.45, 2.75) is 25.9 Å². The van der Waals surface area contributed by atoms with Crippen molar-refractivity contribution in [2.24, 2.45) is 5.92 Å². The fourth-order valence-electron chi connectivity index (χ4n) is 1.50. The molecule has 0 aromatic carbocycles. The highest BCUT2D eigenvalue weighted by Gasteiger charge is 2.18. The quantitative estimate of drug-likeness (QED) is 0.733. The fourth-order valence-corrected chi connectivity index (χ4v) is 2.69. The van der Waals surface area contributed by atoms with E-state index in [-0.39, 0.29) is 6.61 Å². The van der Waals surface area contributed by atoms with Gasteiger partial charge in [0.25, 0.3) is 0 Å². The third-order valence-corrected chi connectivity index (χ3v) is 4.32. The molecule has 15 heavy (non-hydrogen) atoms. The maximum atomic E-state index is 9.20. The molecule has 1 unspecified atom stereocenters. The third kappa shape index (κ3) is 4.68. The van der Waals surface area contributed by atoms with Crippen LogP contribution in [0.1, 0.15) is 19.8 Å². The monoisotopic (exact) mass is 249 g/mol. The lowest BCUT2D eigenvalue weighted by molar-refractivity contribution is 0.113. The molecule has 88 valence electrons. The summed E-state index contributed by atoms with van der Waals surface area (Å²) in [5.41, 5.74) is 0. The lowest BCUT2D eigenvalue weighted by Gasteiger charge is -2.32. The number of rotatable bonds is 3. The van der Waals surface area contributed by atoms with Gasteiger partial charge in [-0.05, 0) is 18.8 Å². The van der Waals surface area contributed by atoms with E-state index in [0.29, 0.717) is 5.75 Å². The molecule has 0 amide bonds. The molecule has 0 radical (unpaired) electrons. The first-order chi connectivity index (χ1) is 7.13. The summed E-state index contributed by atoms with van der Waals surface area (Å²) in [7, 11) is 0. The molecule has 1 aliphatic heterocycles. The molecule has 0 spiro atoms. The van der Waals surface area contributed by atoms with Crippen molar-refractivity contribution in [1.29, 1.82) is 0 Å². The smallest absolute Gasteiger partial charge is 0.136 e. The normalized spacial score (nSPS) is 20.3. The largest absolute Gasteiger partial charge is 0.394 e. The molecule has 0 saturated carbocycles. The minimum absolute atomic E-state index is 0.188. The van der Waals surface area contributed by atoms with Crippen LogP contribution in [0.25, 0.3) is 0 Å². The minimum atomic E-state index is -0.656. The summed E-state index contributed by atoms with van der Waals surface area (Å²) in [6.07, 6.45) is 1.74. The van der Waals surface area contributed by atoms with Crippen LogP contribution in [0.3, 0.4) is 0 Å². The molecule has 3 nitrogen and oxygen atoms in total. The van der Waals surface area contributed by atoms with Crippen LogP contribution in [0.15, 0.2) is 0 Å². The van der Waals surface area contributed by atoms with Gasteiger partial charge >= 0.3 is 0 Å². The molecule has 1 rings (SSSR count). The van der Waals surface area contributed by atoms with E-state index >= 15 is 0 Å². The van der Waals surface area contributed by atoms with Crippen molar-refractivity contribution in [2.75, 3.05) is 25.4 Å². The number of thioether (sulfide) groups is 1. The van der Waals surface area contributed by atoms with E-state index in [9.17, 15) is 5.11 Å². The number of hydrogen-bond acceptors (Lipinski definition) is 4. The molecule has 1 fully saturated rings. The van der Waals surface area contributed by atoms with Crippen LogP contribution < -0.4 is 0 Å². The molecule has 0 bridgehead atoms. The van der Waals surface area contributed by atoms with Gasteiger partial charge in [-0.2, -0.15) is 0 Å². The van der Waals surface area contributed by atoms with Gasteiger partial charge < -0.3 is 15.1 Å². The Hall–Kier alpha value is 0.160. The van der Waals surface area contributed by atoms with Crippen molar-refractivity contribution in [3.63, 3.8) is 0 Å². The van der Waals surface area contributed by atoms with Crippen molar-refractivity contribution in [3.8, 4) is 0 Å². The number of thiocarbonyl (C=S) groups is 1. The van der Waals surface area contributed by atoms with Gasteiger partial charge in [0.15, 0.2) is 0 Å². The maximum Gasteiger partial charge on any atom is 0.136 e. The van der Waals surface area contributed by atoms with Crippen LogP contribution in [-0.4, -0.2) is 51.0 Å². The average molecular weight is 249 g/mol. The van der Waals surface area contributed by atoms with E-state index in [2.05, 4.69) is 11.8 Å². The van der Waals surface area contributed by atoms with Gasteiger partial charge in [-0.15, -0.1) is 0 Å². The predicted octanol–water partition coefficient (Wildman–Crippen LogP) is 1.09. The molecular weight excluding hydrogens is 230 g/mol. The van der Waals surface area contributed by atoms with E-state index in [0.717, 1.165) is 23.3 Å². The van der Waals surface area contributed by atoms with Crippen LogP contribution in [0.2, 0.25) is 0 Å². The van der Waals surface area contributed by atoms with Gasteiger partial charge in [-0.1, -0.05) is 30.9 Å². The van der Waals surface area contributed by atoms with Crippen LogP contribution in [0.4, 0.5) is 0 Å². The number of hydrogen-bond donors (Lipinski definition) is 2. The Balaban J connectivity index is 2.22. The summed E-state index contributed by atoms with van der Waals surface area (Å²) < 4.78 is 0.856. The first-order valence-electron chi connectivity index (χ1n) is 5.34. The summed E-state index contributed by atoms with van der Waals surface area (Å²) in [5, 5.41) is 17.9. The van der Waals surface area contributed by atoms with Gasteiger partial charge in [-0.3, -0.25) is 0 Å². The van der Waals surface area contributed by atoms with E-state index in [1.165, 1.54) is 24.6 Å². The number of likely N-dealkylation sites (tertiary alicyclic amines) is 1. The number of aliphatic hydroxyl groups is 2. The topological polar surface area (TPSA) is 43.7 Å². The molecule has 1 aliphatic rings. The highest BCUT2D eigenvalue weighted by atomic mass is 32.2. The van der Waals surface area contributed by atoms with E-state index in [4.69, 9.17) is 17.3 Å². The Morgan fingerprint density at radius 1 is 1.53 bits per heavy atom. The van der Waals surface area contributed by atoms with Crippen LogP contribution in [0.5, 0.6) is 0 Å². The van der Waals surface area contributed by atoms with Crippen molar-refractivity contribution >= 4 is 28.3 Å². The van der Waals surface area contributed by atoms with Crippen LogP contribution in [-0.2, 0) is 0 Å².